The van der Waals surface area contributed by atoms with Crippen LogP contribution in [-0.2, 0) is 11.2 Å². The van der Waals surface area contributed by atoms with E-state index in [0.29, 0.717) is 13.0 Å². The minimum absolute atomic E-state index is 0.134. The van der Waals surface area contributed by atoms with Crippen molar-refractivity contribution in [3.05, 3.63) is 78.2 Å². The molecule has 1 atom stereocenters. The maximum Gasteiger partial charge on any atom is 0.228 e. The van der Waals surface area contributed by atoms with Crippen LogP contribution in [-0.4, -0.2) is 41.0 Å². The molecule has 148 valence electrons. The van der Waals surface area contributed by atoms with Crippen LogP contribution >= 0.6 is 0 Å². The van der Waals surface area contributed by atoms with Crippen molar-refractivity contribution in [2.45, 2.75) is 25.2 Å². The molecule has 1 fully saturated rings. The summed E-state index contributed by atoms with van der Waals surface area (Å²) in [5.74, 6) is 1.19. The van der Waals surface area contributed by atoms with Crippen LogP contribution in [0.4, 0.5) is 0 Å². The lowest BCUT2D eigenvalue weighted by Gasteiger charge is -2.32. The number of hydrogen-bond donors (Lipinski definition) is 0. The molecule has 3 heterocycles. The molecule has 29 heavy (non-hydrogen) atoms. The predicted octanol–water partition coefficient (Wildman–Crippen LogP) is 4.10. The van der Waals surface area contributed by atoms with Crippen LogP contribution in [0.15, 0.2) is 66.9 Å². The molecule has 0 aliphatic carbocycles. The third-order valence-electron chi connectivity index (χ3n) is 5.40. The van der Waals surface area contributed by atoms with Crippen LogP contribution in [0.25, 0.3) is 11.3 Å². The Morgan fingerprint density at radius 3 is 2.79 bits per heavy atom. The molecule has 1 amide bonds. The van der Waals surface area contributed by atoms with E-state index in [4.69, 9.17) is 9.72 Å². The summed E-state index contributed by atoms with van der Waals surface area (Å²) in [4.78, 5) is 23.9. The summed E-state index contributed by atoms with van der Waals surface area (Å²) in [6, 6.07) is 19.7. The molecule has 0 unspecified atom stereocenters. The van der Waals surface area contributed by atoms with Crippen molar-refractivity contribution in [1.82, 2.24) is 14.9 Å². The number of carbonyl (C=O) groups is 1. The number of benzene rings is 1. The van der Waals surface area contributed by atoms with Gasteiger partial charge in [-0.1, -0.05) is 24.3 Å². The quantitative estimate of drug-likeness (QED) is 0.661. The van der Waals surface area contributed by atoms with Gasteiger partial charge in [0.2, 0.25) is 5.91 Å². The van der Waals surface area contributed by atoms with Crippen LogP contribution in [0.3, 0.4) is 0 Å². The molecule has 5 nitrogen and oxygen atoms in total. The molecule has 0 radical (unpaired) electrons. The molecular formula is C24H25N3O2. The van der Waals surface area contributed by atoms with Crippen LogP contribution in [0, 0.1) is 0 Å². The van der Waals surface area contributed by atoms with Crippen molar-refractivity contribution in [1.29, 1.82) is 0 Å². The normalized spacial score (nSPS) is 16.4. The largest absolute Gasteiger partial charge is 0.496 e. The van der Waals surface area contributed by atoms with E-state index >= 15 is 0 Å². The van der Waals surface area contributed by atoms with Crippen molar-refractivity contribution in [2.75, 3.05) is 20.2 Å². The Morgan fingerprint density at radius 1 is 1.10 bits per heavy atom. The number of nitrogens with zero attached hydrogens (tertiary/aromatic N) is 3. The topological polar surface area (TPSA) is 55.3 Å². The van der Waals surface area contributed by atoms with Gasteiger partial charge < -0.3 is 9.64 Å². The second-order valence-corrected chi connectivity index (χ2v) is 7.32. The van der Waals surface area contributed by atoms with Gasteiger partial charge in [-0.2, -0.15) is 0 Å². The summed E-state index contributed by atoms with van der Waals surface area (Å²) in [5, 5.41) is 0. The number of rotatable bonds is 5. The minimum atomic E-state index is 0.134. The maximum absolute atomic E-state index is 12.8. The first-order valence-electron chi connectivity index (χ1n) is 10.0. The van der Waals surface area contributed by atoms with Crippen molar-refractivity contribution in [2.24, 2.45) is 0 Å². The average molecular weight is 387 g/mol. The highest BCUT2D eigenvalue weighted by Gasteiger charge is 2.26. The van der Waals surface area contributed by atoms with Gasteiger partial charge in [-0.3, -0.25) is 14.8 Å². The minimum Gasteiger partial charge on any atom is -0.496 e. The van der Waals surface area contributed by atoms with E-state index in [2.05, 4.69) is 11.1 Å². The number of para-hydroxylation sites is 1. The second-order valence-electron chi connectivity index (χ2n) is 7.32. The molecule has 1 aromatic carbocycles. The summed E-state index contributed by atoms with van der Waals surface area (Å²) in [5.41, 5.74) is 3.73. The molecule has 5 heteroatoms. The van der Waals surface area contributed by atoms with Gasteiger partial charge in [0.1, 0.15) is 5.75 Å². The van der Waals surface area contributed by atoms with E-state index in [-0.39, 0.29) is 11.8 Å². The number of amides is 1. The zero-order valence-electron chi connectivity index (χ0n) is 16.6. The predicted molar refractivity (Wildman–Crippen MR) is 113 cm³/mol. The van der Waals surface area contributed by atoms with E-state index in [0.717, 1.165) is 47.8 Å². The van der Waals surface area contributed by atoms with Gasteiger partial charge in [0.25, 0.3) is 0 Å². The first-order valence-corrected chi connectivity index (χ1v) is 10.0. The fourth-order valence-electron chi connectivity index (χ4n) is 3.90. The molecule has 0 spiro atoms. The molecule has 0 saturated carbocycles. The van der Waals surface area contributed by atoms with Crippen molar-refractivity contribution < 1.29 is 9.53 Å². The number of carbonyl (C=O) groups excluding carboxylic acids is 1. The van der Waals surface area contributed by atoms with E-state index in [1.165, 1.54) is 0 Å². The average Bonchev–Trinajstić information content (AvgIpc) is 2.80. The molecule has 3 aromatic rings. The summed E-state index contributed by atoms with van der Waals surface area (Å²) in [6.07, 6.45) is 4.10. The Bertz CT molecular complexity index is 975. The molecule has 4 rings (SSSR count). The molecule has 1 aliphatic heterocycles. The molecule has 1 saturated heterocycles. The van der Waals surface area contributed by atoms with Gasteiger partial charge in [0, 0.05) is 42.2 Å². The Hall–Kier alpha value is -3.21. The van der Waals surface area contributed by atoms with E-state index in [1.807, 2.05) is 59.5 Å². The van der Waals surface area contributed by atoms with Gasteiger partial charge in [0.05, 0.1) is 19.2 Å². The van der Waals surface area contributed by atoms with Gasteiger partial charge >= 0.3 is 0 Å². The standard InChI is InChI=1S/C24H25N3O2/c1-29-23-13-3-2-10-20(23)22-12-6-11-21(26-22)18-8-7-15-27(17-18)24(28)16-19-9-4-5-14-25-19/h2-6,9-14,18H,7-8,15-17H2,1H3/t18-/m1/s1. The first kappa shape index (κ1) is 19.1. The molecule has 2 aromatic heterocycles. The van der Waals surface area contributed by atoms with E-state index in [9.17, 15) is 4.79 Å². The van der Waals surface area contributed by atoms with E-state index in [1.54, 1.807) is 13.3 Å². The Kier molecular flexibility index (Phi) is 5.84. The summed E-state index contributed by atoms with van der Waals surface area (Å²) >= 11 is 0. The van der Waals surface area contributed by atoms with Crippen LogP contribution in [0.2, 0.25) is 0 Å². The van der Waals surface area contributed by atoms with Gasteiger partial charge in [0.15, 0.2) is 0 Å². The molecule has 0 bridgehead atoms. The van der Waals surface area contributed by atoms with Crippen molar-refractivity contribution in [3.8, 4) is 17.0 Å². The lowest BCUT2D eigenvalue weighted by atomic mass is 9.93. The second kappa shape index (κ2) is 8.86. The van der Waals surface area contributed by atoms with Crippen LogP contribution < -0.4 is 4.74 Å². The third kappa shape index (κ3) is 4.45. The smallest absolute Gasteiger partial charge is 0.228 e. The SMILES string of the molecule is COc1ccccc1-c1cccc([C@@H]2CCCN(C(=O)Cc3ccccn3)C2)n1. The summed E-state index contributed by atoms with van der Waals surface area (Å²) in [6.45, 7) is 1.50. The van der Waals surface area contributed by atoms with Gasteiger partial charge in [-0.05, 0) is 49.2 Å². The van der Waals surface area contributed by atoms with Crippen LogP contribution in [0.5, 0.6) is 5.75 Å². The molecule has 0 N–H and O–H groups in total. The number of ether oxygens (including phenoxy) is 1. The number of hydrogen-bond acceptors (Lipinski definition) is 4. The van der Waals surface area contributed by atoms with Gasteiger partial charge in [-0.15, -0.1) is 0 Å². The highest BCUT2D eigenvalue weighted by atomic mass is 16.5. The lowest BCUT2D eigenvalue weighted by Crippen LogP contribution is -2.40. The fourth-order valence-corrected chi connectivity index (χ4v) is 3.90. The number of likely N-dealkylation sites (tertiary alicyclic amines) is 1. The van der Waals surface area contributed by atoms with E-state index < -0.39 is 0 Å². The fraction of sp³-hybridized carbons (Fsp3) is 0.292. The Labute approximate surface area is 171 Å². The number of piperidine rings is 1. The van der Waals surface area contributed by atoms with Crippen molar-refractivity contribution in [3.63, 3.8) is 0 Å². The third-order valence-corrected chi connectivity index (χ3v) is 5.40. The summed E-state index contributed by atoms with van der Waals surface area (Å²) in [7, 11) is 1.68. The zero-order valence-corrected chi connectivity index (χ0v) is 16.6. The lowest BCUT2D eigenvalue weighted by molar-refractivity contribution is -0.131. The highest BCUT2D eigenvalue weighted by Crippen LogP contribution is 2.31. The maximum atomic E-state index is 12.8. The van der Waals surface area contributed by atoms with Crippen LogP contribution in [0.1, 0.15) is 30.1 Å². The zero-order chi connectivity index (χ0) is 20.1. The molecular weight excluding hydrogens is 362 g/mol. The Morgan fingerprint density at radius 2 is 1.97 bits per heavy atom. The molecule has 1 aliphatic rings. The van der Waals surface area contributed by atoms with Crippen molar-refractivity contribution >= 4 is 5.91 Å². The Balaban J connectivity index is 1.50. The number of pyridine rings is 2. The summed E-state index contributed by atoms with van der Waals surface area (Å²) < 4.78 is 5.49. The van der Waals surface area contributed by atoms with Gasteiger partial charge in [-0.25, -0.2) is 0 Å². The number of aromatic nitrogens is 2. The first-order chi connectivity index (χ1) is 14.2. The highest BCUT2D eigenvalue weighted by molar-refractivity contribution is 5.78. The monoisotopic (exact) mass is 387 g/mol. The number of methoxy groups -OCH3 is 1.